The second-order valence-electron chi connectivity index (χ2n) is 20.0. The van der Waals surface area contributed by atoms with E-state index < -0.39 is 12.1 Å². The van der Waals surface area contributed by atoms with E-state index in [1.54, 1.807) is 6.08 Å². The van der Waals surface area contributed by atoms with E-state index in [4.69, 9.17) is 4.74 Å². The van der Waals surface area contributed by atoms with E-state index in [2.05, 4.69) is 61.7 Å². The number of aliphatic hydroxyl groups excluding tert-OH is 2. The molecule has 0 aliphatic carbocycles. The van der Waals surface area contributed by atoms with Gasteiger partial charge in [0.15, 0.2) is 0 Å². The molecule has 396 valence electrons. The van der Waals surface area contributed by atoms with E-state index in [0.717, 1.165) is 57.8 Å². The number of esters is 1. The molecule has 0 fully saturated rings. The fourth-order valence-corrected chi connectivity index (χ4v) is 8.71. The topological polar surface area (TPSA) is 95.9 Å². The Hall–Kier alpha value is -2.44. The Bertz CT molecular complexity index is 1190. The molecule has 0 bridgehead atoms. The SMILES string of the molecule is CCCCCC/C=C\C/C=C\CCCCCCCCCC(=O)OCCCCCCCC/C=C\C/C=C\CCC(=O)NC(CO)C(O)/C=C/CCCCCCCCCCCCCCCCCCCC. The Kier molecular flexibility index (Phi) is 55.1. The van der Waals surface area contributed by atoms with Gasteiger partial charge in [0.05, 0.1) is 25.4 Å². The van der Waals surface area contributed by atoms with Crippen LogP contribution in [0.2, 0.25) is 0 Å². The molecule has 0 aliphatic rings. The van der Waals surface area contributed by atoms with Gasteiger partial charge in [-0.3, -0.25) is 9.59 Å². The molecule has 2 unspecified atom stereocenters. The third-order valence-electron chi connectivity index (χ3n) is 13.3. The maximum absolute atomic E-state index is 12.4. The van der Waals surface area contributed by atoms with Crippen LogP contribution in [0.3, 0.4) is 0 Å². The highest BCUT2D eigenvalue weighted by atomic mass is 16.5. The lowest BCUT2D eigenvalue weighted by atomic mass is 10.0. The number of carbonyl (C=O) groups is 2. The molecule has 0 aromatic carbocycles. The molecule has 1 amide bonds. The Morgan fingerprint density at radius 1 is 0.412 bits per heavy atom. The molecule has 0 aromatic heterocycles. The van der Waals surface area contributed by atoms with E-state index in [1.165, 1.54) is 205 Å². The molecule has 6 nitrogen and oxygen atoms in total. The number of hydrogen-bond acceptors (Lipinski definition) is 5. The molecule has 0 radical (unpaired) electrons. The van der Waals surface area contributed by atoms with E-state index >= 15 is 0 Å². The first-order valence-corrected chi connectivity index (χ1v) is 29.6. The lowest BCUT2D eigenvalue weighted by Crippen LogP contribution is -2.45. The summed E-state index contributed by atoms with van der Waals surface area (Å²) >= 11 is 0. The highest BCUT2D eigenvalue weighted by molar-refractivity contribution is 5.76. The molecule has 6 heteroatoms. The average Bonchev–Trinajstić information content (AvgIpc) is 3.34. The van der Waals surface area contributed by atoms with Crippen molar-refractivity contribution in [2.24, 2.45) is 0 Å². The summed E-state index contributed by atoms with van der Waals surface area (Å²) in [7, 11) is 0. The highest BCUT2D eigenvalue weighted by Crippen LogP contribution is 2.16. The quantitative estimate of drug-likeness (QED) is 0.0321. The molecular formula is C62H113NO5. The number of carbonyl (C=O) groups excluding carboxylic acids is 2. The van der Waals surface area contributed by atoms with E-state index in [-0.39, 0.29) is 18.5 Å². The van der Waals surface area contributed by atoms with Crippen molar-refractivity contribution in [2.45, 2.75) is 309 Å². The molecule has 0 saturated carbocycles. The summed E-state index contributed by atoms with van der Waals surface area (Å²) < 4.78 is 5.46. The van der Waals surface area contributed by atoms with Crippen LogP contribution in [0.1, 0.15) is 296 Å². The van der Waals surface area contributed by atoms with Gasteiger partial charge in [0.2, 0.25) is 5.91 Å². The largest absolute Gasteiger partial charge is 0.466 e. The Morgan fingerprint density at radius 2 is 0.750 bits per heavy atom. The number of ether oxygens (including phenoxy) is 1. The number of hydrogen-bond donors (Lipinski definition) is 3. The van der Waals surface area contributed by atoms with Crippen LogP contribution in [0.15, 0.2) is 60.8 Å². The van der Waals surface area contributed by atoms with Crippen molar-refractivity contribution in [2.75, 3.05) is 13.2 Å². The van der Waals surface area contributed by atoms with E-state index in [1.807, 2.05) is 12.2 Å². The first kappa shape index (κ1) is 65.6. The molecule has 0 aromatic rings. The van der Waals surface area contributed by atoms with Crippen molar-refractivity contribution in [3.8, 4) is 0 Å². The first-order valence-electron chi connectivity index (χ1n) is 29.6. The van der Waals surface area contributed by atoms with Crippen LogP contribution in [-0.4, -0.2) is 47.4 Å². The van der Waals surface area contributed by atoms with Crippen LogP contribution in [0.5, 0.6) is 0 Å². The van der Waals surface area contributed by atoms with Crippen LogP contribution in [0.4, 0.5) is 0 Å². The number of nitrogens with one attached hydrogen (secondary N) is 1. The number of rotatable bonds is 54. The normalized spacial score (nSPS) is 13.1. The van der Waals surface area contributed by atoms with Gasteiger partial charge >= 0.3 is 5.97 Å². The molecule has 3 N–H and O–H groups in total. The summed E-state index contributed by atoms with van der Waals surface area (Å²) in [5, 5.41) is 23.1. The molecule has 2 atom stereocenters. The summed E-state index contributed by atoms with van der Waals surface area (Å²) in [6.07, 6.45) is 74.0. The molecule has 0 aliphatic heterocycles. The van der Waals surface area contributed by atoms with Crippen molar-refractivity contribution in [3.05, 3.63) is 60.8 Å². The summed E-state index contributed by atoms with van der Waals surface area (Å²) in [4.78, 5) is 24.5. The first-order chi connectivity index (χ1) is 33.5. The minimum absolute atomic E-state index is 0.0262. The van der Waals surface area contributed by atoms with Crippen molar-refractivity contribution in [1.82, 2.24) is 5.32 Å². The van der Waals surface area contributed by atoms with Crippen LogP contribution < -0.4 is 5.32 Å². The smallest absolute Gasteiger partial charge is 0.305 e. The maximum atomic E-state index is 12.4. The Labute approximate surface area is 422 Å². The number of allylic oxidation sites excluding steroid dienone is 9. The van der Waals surface area contributed by atoms with E-state index in [0.29, 0.717) is 25.9 Å². The molecular weight excluding hydrogens is 839 g/mol. The Balaban J connectivity index is 3.58. The fraction of sp³-hybridized carbons (Fsp3) is 0.806. The lowest BCUT2D eigenvalue weighted by Gasteiger charge is -2.19. The predicted octanol–water partition coefficient (Wildman–Crippen LogP) is 18.4. The van der Waals surface area contributed by atoms with Gasteiger partial charge in [-0.05, 0) is 83.5 Å². The molecule has 0 saturated heterocycles. The second kappa shape index (κ2) is 57.1. The zero-order valence-corrected chi connectivity index (χ0v) is 45.1. The zero-order chi connectivity index (χ0) is 49.3. The lowest BCUT2D eigenvalue weighted by molar-refractivity contribution is -0.143. The standard InChI is InChI=1S/C62H113NO5/c1-3-5-7-9-11-13-15-17-19-21-23-24-25-27-30-34-38-42-46-50-54-60(65)59(58-64)63-61(66)55-51-47-43-39-35-31-29-33-37-41-45-49-53-57-68-62(67)56-52-48-44-40-36-32-28-26-22-20-18-16-14-12-10-8-6-4-2/h14,16,20,22,31,35,43,47,50,54,59-60,64-65H,3-13,15,17-19,21,23-30,32-34,36-42,44-46,48-49,51-53,55-58H2,1-2H3,(H,63,66)/b16-14-,22-20-,35-31-,47-43-,54-50+. The summed E-state index contributed by atoms with van der Waals surface area (Å²) in [6.45, 7) is 4.82. The second-order valence-corrected chi connectivity index (χ2v) is 20.0. The Morgan fingerprint density at radius 3 is 1.16 bits per heavy atom. The summed E-state index contributed by atoms with van der Waals surface area (Å²) in [5.74, 6) is -0.175. The van der Waals surface area contributed by atoms with Crippen molar-refractivity contribution >= 4 is 11.9 Å². The van der Waals surface area contributed by atoms with Gasteiger partial charge < -0.3 is 20.3 Å². The molecule has 68 heavy (non-hydrogen) atoms. The van der Waals surface area contributed by atoms with Crippen LogP contribution in [0.25, 0.3) is 0 Å². The minimum atomic E-state index is -0.882. The molecule has 0 rings (SSSR count). The monoisotopic (exact) mass is 952 g/mol. The third-order valence-corrected chi connectivity index (χ3v) is 13.3. The van der Waals surface area contributed by atoms with Crippen molar-refractivity contribution in [1.29, 1.82) is 0 Å². The number of aliphatic hydroxyl groups is 2. The van der Waals surface area contributed by atoms with Crippen LogP contribution in [-0.2, 0) is 14.3 Å². The summed E-state index contributed by atoms with van der Waals surface area (Å²) in [5.41, 5.74) is 0. The van der Waals surface area contributed by atoms with Crippen LogP contribution in [0, 0.1) is 0 Å². The van der Waals surface area contributed by atoms with Gasteiger partial charge in [-0.15, -0.1) is 0 Å². The minimum Gasteiger partial charge on any atom is -0.466 e. The number of unbranched alkanes of at least 4 members (excludes halogenated alkanes) is 35. The number of amides is 1. The van der Waals surface area contributed by atoms with Crippen molar-refractivity contribution < 1.29 is 24.5 Å². The highest BCUT2D eigenvalue weighted by Gasteiger charge is 2.17. The van der Waals surface area contributed by atoms with Gasteiger partial charge in [-0.25, -0.2) is 0 Å². The average molecular weight is 953 g/mol. The van der Waals surface area contributed by atoms with Gasteiger partial charge in [0, 0.05) is 12.8 Å². The summed E-state index contributed by atoms with van der Waals surface area (Å²) in [6, 6.07) is -0.674. The van der Waals surface area contributed by atoms with Gasteiger partial charge in [-0.1, -0.05) is 261 Å². The third kappa shape index (κ3) is 52.9. The predicted molar refractivity (Wildman–Crippen MR) is 296 cm³/mol. The van der Waals surface area contributed by atoms with Crippen molar-refractivity contribution in [3.63, 3.8) is 0 Å². The zero-order valence-electron chi connectivity index (χ0n) is 45.1. The molecule has 0 spiro atoms. The fourth-order valence-electron chi connectivity index (χ4n) is 8.71. The van der Waals surface area contributed by atoms with Gasteiger partial charge in [0.25, 0.3) is 0 Å². The van der Waals surface area contributed by atoms with Gasteiger partial charge in [-0.2, -0.15) is 0 Å². The van der Waals surface area contributed by atoms with Gasteiger partial charge in [0.1, 0.15) is 0 Å². The maximum Gasteiger partial charge on any atom is 0.305 e. The van der Waals surface area contributed by atoms with Crippen LogP contribution >= 0.6 is 0 Å². The molecule has 0 heterocycles. The van der Waals surface area contributed by atoms with E-state index in [9.17, 15) is 19.8 Å².